The van der Waals surface area contributed by atoms with Crippen molar-refractivity contribution in [2.45, 2.75) is 25.8 Å². The lowest BCUT2D eigenvalue weighted by Crippen LogP contribution is -2.46. The zero-order valence-corrected chi connectivity index (χ0v) is 12.9. The van der Waals surface area contributed by atoms with Crippen molar-refractivity contribution in [3.8, 4) is 0 Å². The van der Waals surface area contributed by atoms with Gasteiger partial charge in [-0.05, 0) is 40.9 Å². The summed E-state index contributed by atoms with van der Waals surface area (Å²) in [5, 5.41) is 2.90. The number of carbonyl (C=O) groups is 2. The van der Waals surface area contributed by atoms with Crippen LogP contribution in [-0.4, -0.2) is 35.8 Å². The summed E-state index contributed by atoms with van der Waals surface area (Å²) in [5.41, 5.74) is 6.95. The molecular weight excluding hydrogens is 322 g/mol. The maximum Gasteiger partial charge on any atom is 0.255 e. The van der Waals surface area contributed by atoms with Gasteiger partial charge in [0, 0.05) is 31.7 Å². The zero-order valence-electron chi connectivity index (χ0n) is 11.4. The van der Waals surface area contributed by atoms with Crippen LogP contribution in [0.15, 0.2) is 22.7 Å². The third kappa shape index (κ3) is 3.30. The zero-order chi connectivity index (χ0) is 14.7. The fourth-order valence-electron chi connectivity index (χ4n) is 2.40. The Morgan fingerprint density at radius 3 is 2.60 bits per heavy atom. The summed E-state index contributed by atoms with van der Waals surface area (Å²) >= 11 is 3.36. The maximum absolute atomic E-state index is 12.5. The molecule has 2 amide bonds. The minimum Gasteiger partial charge on any atom is -0.398 e. The monoisotopic (exact) mass is 339 g/mol. The Kier molecular flexibility index (Phi) is 4.65. The third-order valence-electron chi connectivity index (χ3n) is 3.45. The number of nitrogen functional groups attached to an aromatic ring is 1. The standard InChI is InChI=1S/C14H18BrN3O2/c1-9(19)17-10-5-7-18(8-6-10)14(20)11-3-2-4-12(16)13(11)15/h2-4,10H,5-8,16H2,1H3,(H,17,19). The number of hydrogen-bond donors (Lipinski definition) is 2. The van der Waals surface area contributed by atoms with Gasteiger partial charge in [0.1, 0.15) is 0 Å². The predicted molar refractivity (Wildman–Crippen MR) is 81.3 cm³/mol. The molecule has 20 heavy (non-hydrogen) atoms. The summed E-state index contributed by atoms with van der Waals surface area (Å²) in [6.45, 7) is 2.80. The number of amides is 2. The van der Waals surface area contributed by atoms with Crippen molar-refractivity contribution in [2.24, 2.45) is 0 Å². The number of hydrogen-bond acceptors (Lipinski definition) is 3. The van der Waals surface area contributed by atoms with Gasteiger partial charge in [0.2, 0.25) is 5.91 Å². The molecule has 5 nitrogen and oxygen atoms in total. The molecule has 1 aromatic carbocycles. The summed E-state index contributed by atoms with van der Waals surface area (Å²) in [4.78, 5) is 25.3. The molecule has 1 aromatic rings. The number of halogens is 1. The van der Waals surface area contributed by atoms with Crippen molar-refractivity contribution in [1.29, 1.82) is 0 Å². The van der Waals surface area contributed by atoms with E-state index in [1.807, 2.05) is 0 Å². The van der Waals surface area contributed by atoms with E-state index in [0.717, 1.165) is 12.8 Å². The number of nitrogens with two attached hydrogens (primary N) is 1. The van der Waals surface area contributed by atoms with E-state index in [9.17, 15) is 9.59 Å². The molecule has 0 atom stereocenters. The fourth-order valence-corrected chi connectivity index (χ4v) is 2.83. The van der Waals surface area contributed by atoms with E-state index in [0.29, 0.717) is 28.8 Å². The van der Waals surface area contributed by atoms with E-state index in [2.05, 4.69) is 21.2 Å². The Labute approximate surface area is 126 Å². The molecule has 0 aromatic heterocycles. The molecule has 108 valence electrons. The van der Waals surface area contributed by atoms with E-state index >= 15 is 0 Å². The van der Waals surface area contributed by atoms with Gasteiger partial charge in [0.25, 0.3) is 5.91 Å². The molecule has 0 unspecified atom stereocenters. The summed E-state index contributed by atoms with van der Waals surface area (Å²) in [7, 11) is 0. The number of benzene rings is 1. The molecule has 0 saturated carbocycles. The number of piperidine rings is 1. The van der Waals surface area contributed by atoms with Crippen LogP contribution in [0.1, 0.15) is 30.1 Å². The number of likely N-dealkylation sites (tertiary alicyclic amines) is 1. The molecular formula is C14H18BrN3O2. The van der Waals surface area contributed by atoms with Crippen LogP contribution in [-0.2, 0) is 4.79 Å². The van der Waals surface area contributed by atoms with Crippen molar-refractivity contribution < 1.29 is 9.59 Å². The van der Waals surface area contributed by atoms with Crippen LogP contribution in [0.5, 0.6) is 0 Å². The highest BCUT2D eigenvalue weighted by Crippen LogP contribution is 2.26. The molecule has 3 N–H and O–H groups in total. The van der Waals surface area contributed by atoms with Crippen LogP contribution in [0.25, 0.3) is 0 Å². The number of nitrogens with zero attached hydrogens (tertiary/aromatic N) is 1. The second kappa shape index (κ2) is 6.26. The molecule has 1 fully saturated rings. The molecule has 1 aliphatic rings. The first-order chi connectivity index (χ1) is 9.49. The SMILES string of the molecule is CC(=O)NC1CCN(C(=O)c2cccc(N)c2Br)CC1. The molecule has 1 heterocycles. The van der Waals surface area contributed by atoms with Gasteiger partial charge in [-0.15, -0.1) is 0 Å². The first kappa shape index (κ1) is 14.8. The van der Waals surface area contributed by atoms with Crippen LogP contribution < -0.4 is 11.1 Å². The Balaban J connectivity index is 2.02. The number of anilines is 1. The molecule has 0 radical (unpaired) electrons. The number of rotatable bonds is 2. The quantitative estimate of drug-likeness (QED) is 0.806. The van der Waals surface area contributed by atoms with Crippen LogP contribution in [0.3, 0.4) is 0 Å². The first-order valence-corrected chi connectivity index (χ1v) is 7.38. The average Bonchev–Trinajstić information content (AvgIpc) is 2.41. The van der Waals surface area contributed by atoms with Crippen molar-refractivity contribution in [1.82, 2.24) is 10.2 Å². The molecule has 1 aliphatic heterocycles. The highest BCUT2D eigenvalue weighted by atomic mass is 79.9. The van der Waals surface area contributed by atoms with Crippen molar-refractivity contribution in [3.05, 3.63) is 28.2 Å². The minimum absolute atomic E-state index is 0.0200. The van der Waals surface area contributed by atoms with Gasteiger partial charge in [-0.3, -0.25) is 9.59 Å². The summed E-state index contributed by atoms with van der Waals surface area (Å²) in [6.07, 6.45) is 1.57. The second-order valence-corrected chi connectivity index (χ2v) is 5.77. The van der Waals surface area contributed by atoms with E-state index in [1.165, 1.54) is 6.92 Å². The van der Waals surface area contributed by atoms with Crippen LogP contribution >= 0.6 is 15.9 Å². The van der Waals surface area contributed by atoms with Gasteiger partial charge >= 0.3 is 0 Å². The van der Waals surface area contributed by atoms with E-state index in [-0.39, 0.29) is 17.9 Å². The lowest BCUT2D eigenvalue weighted by Gasteiger charge is -2.32. The van der Waals surface area contributed by atoms with Crippen LogP contribution in [0, 0.1) is 0 Å². The molecule has 1 saturated heterocycles. The summed E-state index contributed by atoms with van der Waals surface area (Å²) < 4.78 is 0.647. The third-order valence-corrected chi connectivity index (χ3v) is 4.33. The van der Waals surface area contributed by atoms with Crippen LogP contribution in [0.2, 0.25) is 0 Å². The lowest BCUT2D eigenvalue weighted by molar-refractivity contribution is -0.119. The lowest BCUT2D eigenvalue weighted by atomic mass is 10.0. The van der Waals surface area contributed by atoms with E-state index < -0.39 is 0 Å². The minimum atomic E-state index is -0.0227. The smallest absolute Gasteiger partial charge is 0.255 e. The van der Waals surface area contributed by atoms with Crippen molar-refractivity contribution in [2.75, 3.05) is 18.8 Å². The molecule has 0 bridgehead atoms. The second-order valence-electron chi connectivity index (χ2n) is 4.98. The Bertz CT molecular complexity index is 525. The number of nitrogens with one attached hydrogen (secondary N) is 1. The highest BCUT2D eigenvalue weighted by molar-refractivity contribution is 9.10. The molecule has 0 aliphatic carbocycles. The largest absolute Gasteiger partial charge is 0.398 e. The van der Waals surface area contributed by atoms with E-state index in [1.54, 1.807) is 23.1 Å². The first-order valence-electron chi connectivity index (χ1n) is 6.59. The van der Waals surface area contributed by atoms with Gasteiger partial charge in [-0.25, -0.2) is 0 Å². The number of carbonyl (C=O) groups excluding carboxylic acids is 2. The Hall–Kier alpha value is -1.56. The predicted octanol–water partition coefficient (Wildman–Crippen LogP) is 1.77. The highest BCUT2D eigenvalue weighted by Gasteiger charge is 2.25. The average molecular weight is 340 g/mol. The molecule has 2 rings (SSSR count). The Morgan fingerprint density at radius 2 is 2.00 bits per heavy atom. The van der Waals surface area contributed by atoms with Crippen molar-refractivity contribution in [3.63, 3.8) is 0 Å². The van der Waals surface area contributed by atoms with Gasteiger partial charge in [-0.1, -0.05) is 6.07 Å². The van der Waals surface area contributed by atoms with Gasteiger partial charge in [0.15, 0.2) is 0 Å². The van der Waals surface area contributed by atoms with Gasteiger partial charge in [0.05, 0.1) is 10.0 Å². The van der Waals surface area contributed by atoms with Crippen molar-refractivity contribution >= 4 is 33.4 Å². The van der Waals surface area contributed by atoms with Crippen LogP contribution in [0.4, 0.5) is 5.69 Å². The molecule has 6 heteroatoms. The van der Waals surface area contributed by atoms with E-state index in [4.69, 9.17) is 5.73 Å². The fraction of sp³-hybridized carbons (Fsp3) is 0.429. The van der Waals surface area contributed by atoms with Gasteiger partial charge < -0.3 is 16.0 Å². The maximum atomic E-state index is 12.5. The normalized spacial score (nSPS) is 16.0. The summed E-state index contributed by atoms with van der Waals surface area (Å²) in [6, 6.07) is 5.46. The topological polar surface area (TPSA) is 75.4 Å². The molecule has 0 spiro atoms. The summed E-state index contributed by atoms with van der Waals surface area (Å²) in [5.74, 6) is -0.0428. The van der Waals surface area contributed by atoms with Gasteiger partial charge in [-0.2, -0.15) is 0 Å². The Morgan fingerprint density at radius 1 is 1.35 bits per heavy atom.